The molecule has 0 aliphatic carbocycles. The number of rotatable bonds is 6. The second-order valence-electron chi connectivity index (χ2n) is 4.88. The molecule has 0 saturated carbocycles. The molecule has 0 bridgehead atoms. The van der Waals surface area contributed by atoms with Crippen LogP contribution in [-0.4, -0.2) is 28.2 Å². The summed E-state index contributed by atoms with van der Waals surface area (Å²) in [5.74, 6) is -0.0933. The minimum absolute atomic E-state index is 0.0793. The fourth-order valence-corrected chi connectivity index (χ4v) is 3.62. The molecule has 0 amide bonds. The fourth-order valence-electron chi connectivity index (χ4n) is 2.29. The Balaban J connectivity index is 1.69. The summed E-state index contributed by atoms with van der Waals surface area (Å²) in [5, 5.41) is 8.57. The highest BCUT2D eigenvalue weighted by molar-refractivity contribution is 7.12. The number of hydrogen-bond donors (Lipinski definition) is 0. The number of thiophene rings is 1. The first-order valence-corrected chi connectivity index (χ1v) is 8.73. The van der Waals surface area contributed by atoms with E-state index in [1.165, 1.54) is 11.3 Å². The first-order chi connectivity index (χ1) is 11.2. The molecule has 0 radical (unpaired) electrons. The number of thiazole rings is 1. The van der Waals surface area contributed by atoms with Crippen molar-refractivity contribution in [2.45, 2.75) is 13.8 Å². The van der Waals surface area contributed by atoms with Crippen LogP contribution in [0, 0.1) is 13.8 Å². The van der Waals surface area contributed by atoms with E-state index < -0.39 is 0 Å². The fraction of sp³-hybridized carbons (Fsp3) is 0.188. The first kappa shape index (κ1) is 15.6. The maximum absolute atomic E-state index is 12.3. The quantitative estimate of drug-likeness (QED) is 0.387. The highest BCUT2D eigenvalue weighted by Crippen LogP contribution is 2.22. The molecule has 0 spiro atoms. The van der Waals surface area contributed by atoms with E-state index >= 15 is 0 Å². The summed E-state index contributed by atoms with van der Waals surface area (Å²) in [5.41, 5.74) is 2.49. The van der Waals surface area contributed by atoms with E-state index in [-0.39, 0.29) is 12.4 Å². The molecule has 3 aromatic heterocycles. The third-order valence-electron chi connectivity index (χ3n) is 3.34. The Morgan fingerprint density at radius 3 is 2.96 bits per heavy atom. The summed E-state index contributed by atoms with van der Waals surface area (Å²) in [6.45, 7) is 3.79. The minimum atomic E-state index is -0.0933. The molecular formula is C16H15N3O2S2. The van der Waals surface area contributed by atoms with Crippen molar-refractivity contribution in [2.75, 3.05) is 6.61 Å². The molecule has 0 aliphatic heterocycles. The van der Waals surface area contributed by atoms with Crippen LogP contribution < -0.4 is 0 Å². The maximum atomic E-state index is 12.3. The van der Waals surface area contributed by atoms with Crippen LogP contribution >= 0.6 is 22.7 Å². The summed E-state index contributed by atoms with van der Waals surface area (Å²) >= 11 is 3.10. The maximum Gasteiger partial charge on any atom is 0.204 e. The van der Waals surface area contributed by atoms with Crippen molar-refractivity contribution < 1.29 is 9.63 Å². The number of nitrogens with zero attached hydrogens (tertiary/aromatic N) is 3. The van der Waals surface area contributed by atoms with Crippen LogP contribution in [0.3, 0.4) is 0 Å². The molecule has 5 nitrogen and oxygen atoms in total. The molecule has 0 fully saturated rings. The van der Waals surface area contributed by atoms with Crippen LogP contribution in [-0.2, 0) is 4.84 Å². The largest absolute Gasteiger partial charge is 0.387 e. The van der Waals surface area contributed by atoms with E-state index in [2.05, 4.69) is 10.1 Å². The highest BCUT2D eigenvalue weighted by atomic mass is 32.1. The zero-order valence-corrected chi connectivity index (χ0v) is 14.4. The topological polar surface area (TPSA) is 56.5 Å². The van der Waals surface area contributed by atoms with Gasteiger partial charge in [0.15, 0.2) is 11.7 Å². The van der Waals surface area contributed by atoms with Gasteiger partial charge in [0.2, 0.25) is 5.78 Å². The lowest BCUT2D eigenvalue weighted by molar-refractivity contribution is 0.0778. The number of oxime groups is 1. The zero-order valence-electron chi connectivity index (χ0n) is 12.7. The molecule has 0 saturated heterocycles. The summed E-state index contributed by atoms with van der Waals surface area (Å²) in [6, 6.07) is 5.73. The van der Waals surface area contributed by atoms with Gasteiger partial charge in [0, 0.05) is 33.4 Å². The summed E-state index contributed by atoms with van der Waals surface area (Å²) < 4.78 is 1.98. The Hall–Kier alpha value is -2.25. The summed E-state index contributed by atoms with van der Waals surface area (Å²) in [7, 11) is 0. The monoisotopic (exact) mass is 345 g/mol. The van der Waals surface area contributed by atoms with Gasteiger partial charge in [-0.1, -0.05) is 11.2 Å². The van der Waals surface area contributed by atoms with Crippen molar-refractivity contribution in [1.29, 1.82) is 0 Å². The standard InChI is InChI=1S/C16H15N3O2S2/c1-11-8-14(12(2)19(11)16-17-5-7-23-16)15(20)10-21-18-9-13-4-3-6-22-13/h3-9H,10H2,1-2H3/b18-9+. The SMILES string of the molecule is Cc1cc(C(=O)CO/N=C/c2cccs2)c(C)n1-c1nccs1. The average molecular weight is 345 g/mol. The van der Waals surface area contributed by atoms with Crippen molar-refractivity contribution >= 4 is 34.7 Å². The van der Waals surface area contributed by atoms with Gasteiger partial charge in [-0.15, -0.1) is 22.7 Å². The normalized spacial score (nSPS) is 11.2. The molecule has 7 heteroatoms. The van der Waals surface area contributed by atoms with Gasteiger partial charge in [-0.25, -0.2) is 4.98 Å². The van der Waals surface area contributed by atoms with Crippen LogP contribution in [0.1, 0.15) is 26.6 Å². The zero-order chi connectivity index (χ0) is 16.2. The van der Waals surface area contributed by atoms with Gasteiger partial charge >= 0.3 is 0 Å². The molecule has 0 unspecified atom stereocenters. The van der Waals surface area contributed by atoms with Crippen LogP contribution in [0.2, 0.25) is 0 Å². The van der Waals surface area contributed by atoms with Crippen molar-refractivity contribution in [3.05, 3.63) is 57.0 Å². The number of Topliss-reactive ketones (excluding diaryl/α,β-unsaturated/α-hetero) is 1. The highest BCUT2D eigenvalue weighted by Gasteiger charge is 2.18. The lowest BCUT2D eigenvalue weighted by atomic mass is 10.2. The van der Waals surface area contributed by atoms with Crippen LogP contribution in [0.25, 0.3) is 5.13 Å². The van der Waals surface area contributed by atoms with E-state index in [1.54, 1.807) is 23.7 Å². The molecule has 0 aliphatic rings. The predicted molar refractivity (Wildman–Crippen MR) is 93.1 cm³/mol. The Labute approximate surface area is 141 Å². The number of carbonyl (C=O) groups is 1. The van der Waals surface area contributed by atoms with Crippen molar-refractivity contribution in [1.82, 2.24) is 9.55 Å². The molecule has 3 aromatic rings. The third-order valence-corrected chi connectivity index (χ3v) is 4.90. The smallest absolute Gasteiger partial charge is 0.204 e. The second-order valence-corrected chi connectivity index (χ2v) is 6.73. The summed E-state index contributed by atoms with van der Waals surface area (Å²) in [6.07, 6.45) is 3.36. The van der Waals surface area contributed by atoms with Crippen LogP contribution in [0.4, 0.5) is 0 Å². The number of ketones is 1. The molecule has 0 aromatic carbocycles. The van der Waals surface area contributed by atoms with E-state index in [9.17, 15) is 4.79 Å². The van der Waals surface area contributed by atoms with Crippen molar-refractivity contribution in [3.63, 3.8) is 0 Å². The Kier molecular flexibility index (Phi) is 4.68. The Bertz CT molecular complexity index is 818. The summed E-state index contributed by atoms with van der Waals surface area (Å²) in [4.78, 5) is 22.7. The van der Waals surface area contributed by atoms with E-state index in [0.717, 1.165) is 21.4 Å². The molecular weight excluding hydrogens is 330 g/mol. The van der Waals surface area contributed by atoms with Crippen LogP contribution in [0.5, 0.6) is 0 Å². The number of carbonyl (C=O) groups excluding carboxylic acids is 1. The predicted octanol–water partition coefficient (Wildman–Crippen LogP) is 3.85. The molecule has 0 atom stereocenters. The van der Waals surface area contributed by atoms with Gasteiger partial charge in [-0.2, -0.15) is 0 Å². The Morgan fingerprint density at radius 2 is 2.26 bits per heavy atom. The van der Waals surface area contributed by atoms with Crippen molar-refractivity contribution in [3.8, 4) is 5.13 Å². The lowest BCUT2D eigenvalue weighted by Crippen LogP contribution is -2.08. The lowest BCUT2D eigenvalue weighted by Gasteiger charge is -2.05. The van der Waals surface area contributed by atoms with Gasteiger partial charge in [-0.3, -0.25) is 9.36 Å². The number of hydrogen-bond acceptors (Lipinski definition) is 6. The first-order valence-electron chi connectivity index (χ1n) is 6.97. The Morgan fingerprint density at radius 1 is 1.39 bits per heavy atom. The average Bonchev–Trinajstić information content (AvgIpc) is 3.25. The molecule has 0 N–H and O–H groups in total. The second kappa shape index (κ2) is 6.89. The number of aryl methyl sites for hydroxylation is 1. The van der Waals surface area contributed by atoms with E-state index in [1.807, 2.05) is 47.4 Å². The van der Waals surface area contributed by atoms with Crippen molar-refractivity contribution in [2.24, 2.45) is 5.16 Å². The molecule has 3 rings (SSSR count). The van der Waals surface area contributed by atoms with E-state index in [4.69, 9.17) is 4.84 Å². The molecule has 23 heavy (non-hydrogen) atoms. The minimum Gasteiger partial charge on any atom is -0.387 e. The van der Waals surface area contributed by atoms with Crippen LogP contribution in [0.15, 0.2) is 40.3 Å². The number of aromatic nitrogens is 2. The van der Waals surface area contributed by atoms with Gasteiger partial charge in [0.25, 0.3) is 0 Å². The van der Waals surface area contributed by atoms with E-state index in [0.29, 0.717) is 5.56 Å². The van der Waals surface area contributed by atoms with Gasteiger partial charge in [-0.05, 0) is 31.4 Å². The van der Waals surface area contributed by atoms with Gasteiger partial charge in [0.1, 0.15) is 0 Å². The van der Waals surface area contributed by atoms with Gasteiger partial charge < -0.3 is 4.84 Å². The molecule has 3 heterocycles. The third kappa shape index (κ3) is 3.40. The van der Waals surface area contributed by atoms with Gasteiger partial charge in [0.05, 0.1) is 6.21 Å². The molecule has 118 valence electrons.